The van der Waals surface area contributed by atoms with Gasteiger partial charge < -0.3 is 10.1 Å². The SMILES string of the molecule is COc1ccccc1C(C)NC(=O)Cc1c(Cl)cccc1Cl. The summed E-state index contributed by atoms with van der Waals surface area (Å²) in [7, 11) is 1.61. The van der Waals surface area contributed by atoms with Gasteiger partial charge in [-0.1, -0.05) is 47.5 Å². The molecule has 2 aromatic carbocycles. The van der Waals surface area contributed by atoms with Gasteiger partial charge in [0.2, 0.25) is 5.91 Å². The molecular formula is C17H17Cl2NO2. The molecule has 0 fully saturated rings. The third-order valence-corrected chi connectivity index (χ3v) is 4.09. The van der Waals surface area contributed by atoms with Gasteiger partial charge in [-0.2, -0.15) is 0 Å². The van der Waals surface area contributed by atoms with Crippen LogP contribution in [-0.2, 0) is 11.2 Å². The number of ether oxygens (including phenoxy) is 1. The zero-order valence-corrected chi connectivity index (χ0v) is 13.9. The van der Waals surface area contributed by atoms with Crippen molar-refractivity contribution in [2.24, 2.45) is 0 Å². The molecule has 116 valence electrons. The van der Waals surface area contributed by atoms with Gasteiger partial charge in [0.15, 0.2) is 0 Å². The van der Waals surface area contributed by atoms with Gasteiger partial charge in [0.1, 0.15) is 5.75 Å². The van der Waals surface area contributed by atoms with E-state index in [9.17, 15) is 4.79 Å². The van der Waals surface area contributed by atoms with Crippen molar-refractivity contribution >= 4 is 29.1 Å². The number of halogens is 2. The van der Waals surface area contributed by atoms with Crippen LogP contribution < -0.4 is 10.1 Å². The molecule has 3 nitrogen and oxygen atoms in total. The average molecular weight is 338 g/mol. The molecule has 1 unspecified atom stereocenters. The monoisotopic (exact) mass is 337 g/mol. The summed E-state index contributed by atoms with van der Waals surface area (Å²) in [5, 5.41) is 3.92. The fraction of sp³-hybridized carbons (Fsp3) is 0.235. The van der Waals surface area contributed by atoms with Gasteiger partial charge in [-0.15, -0.1) is 0 Å². The average Bonchev–Trinajstić information content (AvgIpc) is 2.51. The molecule has 22 heavy (non-hydrogen) atoms. The fourth-order valence-corrected chi connectivity index (χ4v) is 2.79. The maximum Gasteiger partial charge on any atom is 0.225 e. The zero-order valence-electron chi connectivity index (χ0n) is 12.4. The van der Waals surface area contributed by atoms with Crippen LogP contribution in [0.15, 0.2) is 42.5 Å². The molecule has 1 N–H and O–H groups in total. The van der Waals surface area contributed by atoms with Crippen molar-refractivity contribution in [3.8, 4) is 5.75 Å². The highest BCUT2D eigenvalue weighted by molar-refractivity contribution is 6.36. The van der Waals surface area contributed by atoms with Gasteiger partial charge in [0.05, 0.1) is 19.6 Å². The number of amides is 1. The molecule has 0 radical (unpaired) electrons. The van der Waals surface area contributed by atoms with Crippen LogP contribution in [-0.4, -0.2) is 13.0 Å². The molecule has 0 bridgehead atoms. The summed E-state index contributed by atoms with van der Waals surface area (Å²) in [5.41, 5.74) is 1.55. The summed E-state index contributed by atoms with van der Waals surface area (Å²) >= 11 is 12.2. The maximum absolute atomic E-state index is 12.2. The van der Waals surface area contributed by atoms with E-state index in [1.54, 1.807) is 25.3 Å². The number of hydrogen-bond donors (Lipinski definition) is 1. The number of benzene rings is 2. The van der Waals surface area contributed by atoms with Crippen LogP contribution in [0.5, 0.6) is 5.75 Å². The third-order valence-electron chi connectivity index (χ3n) is 3.38. The summed E-state index contributed by atoms with van der Waals surface area (Å²) in [6.45, 7) is 1.91. The van der Waals surface area contributed by atoms with Crippen molar-refractivity contribution in [2.45, 2.75) is 19.4 Å². The molecule has 2 rings (SSSR count). The van der Waals surface area contributed by atoms with Crippen molar-refractivity contribution in [3.05, 3.63) is 63.6 Å². The lowest BCUT2D eigenvalue weighted by Gasteiger charge is -2.17. The molecular weight excluding hydrogens is 321 g/mol. The lowest BCUT2D eigenvalue weighted by Crippen LogP contribution is -2.28. The first-order valence-electron chi connectivity index (χ1n) is 6.88. The fourth-order valence-electron chi connectivity index (χ4n) is 2.26. The Morgan fingerprint density at radius 1 is 1.14 bits per heavy atom. The Hall–Kier alpha value is -1.71. The van der Waals surface area contributed by atoms with E-state index < -0.39 is 0 Å². The molecule has 0 heterocycles. The van der Waals surface area contributed by atoms with Crippen molar-refractivity contribution in [3.63, 3.8) is 0 Å². The second-order valence-corrected chi connectivity index (χ2v) is 5.72. The predicted molar refractivity (Wildman–Crippen MR) is 89.7 cm³/mol. The van der Waals surface area contributed by atoms with E-state index in [1.807, 2.05) is 31.2 Å². The van der Waals surface area contributed by atoms with Crippen LogP contribution in [0.1, 0.15) is 24.1 Å². The molecule has 1 atom stereocenters. The highest BCUT2D eigenvalue weighted by atomic mass is 35.5. The third kappa shape index (κ3) is 3.93. The maximum atomic E-state index is 12.2. The van der Waals surface area contributed by atoms with Gasteiger partial charge in [0, 0.05) is 15.6 Å². The van der Waals surface area contributed by atoms with Crippen LogP contribution in [0.2, 0.25) is 10.0 Å². The summed E-state index contributed by atoms with van der Waals surface area (Å²) < 4.78 is 5.31. The molecule has 0 saturated carbocycles. The Morgan fingerprint density at radius 2 is 1.77 bits per heavy atom. The van der Waals surface area contributed by atoms with E-state index in [4.69, 9.17) is 27.9 Å². The lowest BCUT2D eigenvalue weighted by atomic mass is 10.1. The van der Waals surface area contributed by atoms with E-state index in [0.717, 1.165) is 11.3 Å². The van der Waals surface area contributed by atoms with Crippen molar-refractivity contribution in [1.82, 2.24) is 5.32 Å². The van der Waals surface area contributed by atoms with Crippen LogP contribution in [0.3, 0.4) is 0 Å². The topological polar surface area (TPSA) is 38.3 Å². The van der Waals surface area contributed by atoms with Gasteiger partial charge in [-0.3, -0.25) is 4.79 Å². The van der Waals surface area contributed by atoms with Crippen LogP contribution >= 0.6 is 23.2 Å². The molecule has 0 aliphatic heterocycles. The molecule has 5 heteroatoms. The van der Waals surface area contributed by atoms with Crippen molar-refractivity contribution < 1.29 is 9.53 Å². The summed E-state index contributed by atoms with van der Waals surface area (Å²) in [5.74, 6) is 0.597. The number of nitrogens with one attached hydrogen (secondary N) is 1. The van der Waals surface area contributed by atoms with Crippen molar-refractivity contribution in [1.29, 1.82) is 0 Å². The first kappa shape index (κ1) is 16.7. The van der Waals surface area contributed by atoms with Gasteiger partial charge in [0.25, 0.3) is 0 Å². The van der Waals surface area contributed by atoms with Crippen molar-refractivity contribution in [2.75, 3.05) is 7.11 Å². The minimum atomic E-state index is -0.176. The largest absolute Gasteiger partial charge is 0.496 e. The molecule has 0 aliphatic carbocycles. The van der Waals surface area contributed by atoms with Gasteiger partial charge in [-0.05, 0) is 30.7 Å². The van der Waals surface area contributed by atoms with Gasteiger partial charge in [-0.25, -0.2) is 0 Å². The van der Waals surface area contributed by atoms with E-state index in [0.29, 0.717) is 15.6 Å². The van der Waals surface area contributed by atoms with E-state index in [1.165, 1.54) is 0 Å². The Kier molecular flexibility index (Phi) is 5.69. The second kappa shape index (κ2) is 7.52. The van der Waals surface area contributed by atoms with Crippen LogP contribution in [0.25, 0.3) is 0 Å². The zero-order chi connectivity index (χ0) is 16.1. The number of para-hydroxylation sites is 1. The lowest BCUT2D eigenvalue weighted by molar-refractivity contribution is -0.121. The number of carbonyl (C=O) groups is 1. The smallest absolute Gasteiger partial charge is 0.225 e. The van der Waals surface area contributed by atoms with Crippen LogP contribution in [0.4, 0.5) is 0 Å². The second-order valence-electron chi connectivity index (χ2n) is 4.91. The van der Waals surface area contributed by atoms with E-state index >= 15 is 0 Å². The Balaban J connectivity index is 2.09. The van der Waals surface area contributed by atoms with E-state index in [2.05, 4.69) is 5.32 Å². The summed E-state index contributed by atoms with van der Waals surface area (Å²) in [4.78, 5) is 12.2. The normalized spacial score (nSPS) is 11.8. The Bertz CT molecular complexity index is 653. The Morgan fingerprint density at radius 3 is 2.41 bits per heavy atom. The van der Waals surface area contributed by atoms with E-state index in [-0.39, 0.29) is 18.4 Å². The molecule has 1 amide bonds. The standard InChI is InChI=1S/C17H17Cl2NO2/c1-11(12-6-3-4-9-16(12)22-2)20-17(21)10-13-14(18)7-5-8-15(13)19/h3-9,11H,10H2,1-2H3,(H,20,21). The summed E-state index contributed by atoms with van der Waals surface area (Å²) in [6.07, 6.45) is 0.137. The minimum Gasteiger partial charge on any atom is -0.496 e. The highest BCUT2D eigenvalue weighted by Gasteiger charge is 2.16. The number of rotatable bonds is 5. The molecule has 2 aromatic rings. The number of methoxy groups -OCH3 is 1. The molecule has 0 aromatic heterocycles. The number of carbonyl (C=O) groups excluding carboxylic acids is 1. The molecule has 0 aliphatic rings. The molecule has 0 saturated heterocycles. The first-order chi connectivity index (χ1) is 10.5. The van der Waals surface area contributed by atoms with Gasteiger partial charge >= 0.3 is 0 Å². The summed E-state index contributed by atoms with van der Waals surface area (Å²) in [6, 6.07) is 12.6. The number of hydrogen-bond acceptors (Lipinski definition) is 2. The first-order valence-corrected chi connectivity index (χ1v) is 7.63. The Labute approximate surface area is 140 Å². The highest BCUT2D eigenvalue weighted by Crippen LogP contribution is 2.26. The predicted octanol–water partition coefficient (Wildman–Crippen LogP) is 4.42. The van der Waals surface area contributed by atoms with Crippen LogP contribution in [0, 0.1) is 0 Å². The minimum absolute atomic E-state index is 0.137. The quantitative estimate of drug-likeness (QED) is 0.876. The molecule has 0 spiro atoms.